The minimum Gasteiger partial charge on any atom is -0.344 e. The van der Waals surface area contributed by atoms with Gasteiger partial charge in [-0.1, -0.05) is 46.3 Å². The lowest BCUT2D eigenvalue weighted by Crippen LogP contribution is -2.35. The van der Waals surface area contributed by atoms with Crippen LogP contribution in [-0.2, 0) is 0 Å². The predicted octanol–water partition coefficient (Wildman–Crippen LogP) is 3.67. The van der Waals surface area contributed by atoms with Gasteiger partial charge in [-0.3, -0.25) is 4.79 Å². The maximum atomic E-state index is 12.7. The number of nitrogens with zero attached hydrogens (tertiary/aromatic N) is 3. The Balaban J connectivity index is 1.76. The van der Waals surface area contributed by atoms with Crippen LogP contribution >= 0.6 is 15.9 Å². The van der Waals surface area contributed by atoms with E-state index < -0.39 is 0 Å². The van der Waals surface area contributed by atoms with E-state index in [0.29, 0.717) is 5.56 Å². The maximum Gasteiger partial charge on any atom is 0.255 e. The molecular formula is C20H21BrN4O. The molecule has 0 saturated heterocycles. The molecule has 0 aliphatic carbocycles. The number of aromatic nitrogens is 2. The SMILES string of the molecule is CN(C)CC(NC(=O)c1cnn(-c2ccc(Br)cc2)c1)c1ccccc1. The van der Waals surface area contributed by atoms with Crippen molar-refractivity contribution in [1.29, 1.82) is 0 Å². The fourth-order valence-corrected chi connectivity index (χ4v) is 2.97. The molecule has 26 heavy (non-hydrogen) atoms. The lowest BCUT2D eigenvalue weighted by molar-refractivity contribution is 0.0930. The average molecular weight is 413 g/mol. The molecule has 0 aliphatic rings. The van der Waals surface area contributed by atoms with E-state index in [9.17, 15) is 4.79 Å². The Labute approximate surface area is 161 Å². The third-order valence-electron chi connectivity index (χ3n) is 3.99. The molecule has 0 radical (unpaired) electrons. The number of rotatable bonds is 6. The van der Waals surface area contributed by atoms with E-state index in [1.54, 1.807) is 17.1 Å². The summed E-state index contributed by atoms with van der Waals surface area (Å²) in [5.74, 6) is -0.135. The molecule has 0 fully saturated rings. The van der Waals surface area contributed by atoms with Gasteiger partial charge in [0.2, 0.25) is 0 Å². The van der Waals surface area contributed by atoms with Crippen LogP contribution in [0.25, 0.3) is 5.69 Å². The lowest BCUT2D eigenvalue weighted by atomic mass is 10.1. The molecule has 1 atom stereocenters. The zero-order valence-corrected chi connectivity index (χ0v) is 16.3. The Hall–Kier alpha value is -2.44. The van der Waals surface area contributed by atoms with Crippen LogP contribution in [-0.4, -0.2) is 41.2 Å². The molecule has 0 aliphatic heterocycles. The van der Waals surface area contributed by atoms with Gasteiger partial charge < -0.3 is 10.2 Å². The highest BCUT2D eigenvalue weighted by molar-refractivity contribution is 9.10. The second kappa shape index (κ2) is 8.29. The number of amides is 1. The van der Waals surface area contributed by atoms with Crippen LogP contribution in [0, 0.1) is 0 Å². The summed E-state index contributed by atoms with van der Waals surface area (Å²) in [7, 11) is 3.99. The minimum absolute atomic E-state index is 0.0882. The van der Waals surface area contributed by atoms with Gasteiger partial charge in [-0.25, -0.2) is 4.68 Å². The van der Waals surface area contributed by atoms with Crippen LogP contribution < -0.4 is 5.32 Å². The monoisotopic (exact) mass is 412 g/mol. The van der Waals surface area contributed by atoms with Gasteiger partial charge in [0.05, 0.1) is 23.5 Å². The molecule has 0 saturated carbocycles. The summed E-state index contributed by atoms with van der Waals surface area (Å²) in [6, 6.07) is 17.7. The highest BCUT2D eigenvalue weighted by Gasteiger charge is 2.17. The van der Waals surface area contributed by atoms with Crippen molar-refractivity contribution in [2.75, 3.05) is 20.6 Å². The molecule has 1 amide bonds. The molecule has 1 aromatic heterocycles. The van der Waals surface area contributed by atoms with Gasteiger partial charge in [-0.2, -0.15) is 5.10 Å². The summed E-state index contributed by atoms with van der Waals surface area (Å²) in [4.78, 5) is 14.8. The standard InChI is InChI=1S/C20H21BrN4O/c1-24(2)14-19(15-6-4-3-5-7-15)23-20(26)16-12-22-25(13-16)18-10-8-17(21)9-11-18/h3-13,19H,14H2,1-2H3,(H,23,26). The summed E-state index contributed by atoms with van der Waals surface area (Å²) >= 11 is 3.42. The Morgan fingerprint density at radius 3 is 2.50 bits per heavy atom. The quantitative estimate of drug-likeness (QED) is 0.671. The third-order valence-corrected chi connectivity index (χ3v) is 4.52. The molecule has 1 heterocycles. The van der Waals surface area contributed by atoms with Crippen molar-refractivity contribution in [3.8, 4) is 5.69 Å². The first-order valence-corrected chi connectivity index (χ1v) is 9.13. The van der Waals surface area contributed by atoms with Crippen LogP contribution in [0.1, 0.15) is 22.0 Å². The van der Waals surface area contributed by atoms with Crippen LogP contribution in [0.4, 0.5) is 0 Å². The predicted molar refractivity (Wildman–Crippen MR) is 106 cm³/mol. The second-order valence-electron chi connectivity index (χ2n) is 6.35. The van der Waals surface area contributed by atoms with E-state index in [0.717, 1.165) is 22.3 Å². The van der Waals surface area contributed by atoms with Crippen molar-refractivity contribution in [2.45, 2.75) is 6.04 Å². The highest BCUT2D eigenvalue weighted by Crippen LogP contribution is 2.16. The Morgan fingerprint density at radius 2 is 1.85 bits per heavy atom. The van der Waals surface area contributed by atoms with E-state index in [-0.39, 0.29) is 11.9 Å². The summed E-state index contributed by atoms with van der Waals surface area (Å²) in [5.41, 5.74) is 2.52. The Bertz CT molecular complexity index is 859. The third kappa shape index (κ3) is 4.59. The number of carbonyl (C=O) groups excluding carboxylic acids is 1. The molecule has 1 N–H and O–H groups in total. The highest BCUT2D eigenvalue weighted by atomic mass is 79.9. The molecule has 134 valence electrons. The van der Waals surface area contributed by atoms with Gasteiger partial charge >= 0.3 is 0 Å². The zero-order chi connectivity index (χ0) is 18.5. The molecule has 5 nitrogen and oxygen atoms in total. The van der Waals surface area contributed by atoms with Crippen molar-refractivity contribution in [2.24, 2.45) is 0 Å². The number of carbonyl (C=O) groups is 1. The largest absolute Gasteiger partial charge is 0.344 e. The molecule has 0 bridgehead atoms. The first kappa shape index (κ1) is 18.4. The molecular weight excluding hydrogens is 392 g/mol. The molecule has 1 unspecified atom stereocenters. The normalized spacial score (nSPS) is 12.2. The minimum atomic E-state index is -0.135. The fourth-order valence-electron chi connectivity index (χ4n) is 2.70. The summed E-state index contributed by atoms with van der Waals surface area (Å²) in [5, 5.41) is 7.42. The number of nitrogens with one attached hydrogen (secondary N) is 1. The maximum absolute atomic E-state index is 12.7. The van der Waals surface area contributed by atoms with Gasteiger partial charge in [0.15, 0.2) is 0 Å². The average Bonchev–Trinajstić information content (AvgIpc) is 3.12. The molecule has 2 aromatic carbocycles. The van der Waals surface area contributed by atoms with E-state index in [1.807, 2.05) is 68.7 Å². The number of halogens is 1. The number of hydrogen-bond acceptors (Lipinski definition) is 3. The fraction of sp³-hybridized carbons (Fsp3) is 0.200. The smallest absolute Gasteiger partial charge is 0.255 e. The van der Waals surface area contributed by atoms with Crippen molar-refractivity contribution in [3.63, 3.8) is 0 Å². The molecule has 0 spiro atoms. The lowest BCUT2D eigenvalue weighted by Gasteiger charge is -2.22. The van der Waals surface area contributed by atoms with Crippen LogP contribution in [0.15, 0.2) is 71.5 Å². The first-order valence-electron chi connectivity index (χ1n) is 8.34. The first-order chi connectivity index (χ1) is 12.5. The van der Waals surface area contributed by atoms with Crippen molar-refractivity contribution in [3.05, 3.63) is 82.6 Å². The summed E-state index contributed by atoms with van der Waals surface area (Å²) < 4.78 is 2.70. The van der Waals surface area contributed by atoms with E-state index in [1.165, 1.54) is 0 Å². The van der Waals surface area contributed by atoms with Crippen LogP contribution in [0.3, 0.4) is 0 Å². The Morgan fingerprint density at radius 1 is 1.15 bits per heavy atom. The van der Waals surface area contributed by atoms with Gasteiger partial charge in [0.25, 0.3) is 5.91 Å². The Kier molecular flexibility index (Phi) is 5.85. The summed E-state index contributed by atoms with van der Waals surface area (Å²) in [6.07, 6.45) is 3.34. The van der Waals surface area contributed by atoms with Gasteiger partial charge in [-0.05, 0) is 43.9 Å². The zero-order valence-electron chi connectivity index (χ0n) is 14.8. The van der Waals surface area contributed by atoms with Crippen molar-refractivity contribution < 1.29 is 4.79 Å². The topological polar surface area (TPSA) is 50.2 Å². The molecule has 3 aromatic rings. The molecule has 6 heteroatoms. The second-order valence-corrected chi connectivity index (χ2v) is 7.26. The van der Waals surface area contributed by atoms with Crippen LogP contribution in [0.5, 0.6) is 0 Å². The number of hydrogen-bond donors (Lipinski definition) is 1. The van der Waals surface area contributed by atoms with Gasteiger partial charge in [0.1, 0.15) is 0 Å². The van der Waals surface area contributed by atoms with Crippen molar-refractivity contribution in [1.82, 2.24) is 20.0 Å². The van der Waals surface area contributed by atoms with Gasteiger partial charge in [0, 0.05) is 17.2 Å². The molecule has 3 rings (SSSR count). The van der Waals surface area contributed by atoms with Gasteiger partial charge in [-0.15, -0.1) is 0 Å². The van der Waals surface area contributed by atoms with E-state index in [2.05, 4.69) is 31.2 Å². The summed E-state index contributed by atoms with van der Waals surface area (Å²) in [6.45, 7) is 0.719. The number of likely N-dealkylation sites (N-methyl/N-ethyl adjacent to an activating group) is 1. The van der Waals surface area contributed by atoms with Crippen LogP contribution in [0.2, 0.25) is 0 Å². The number of benzene rings is 2. The van der Waals surface area contributed by atoms with E-state index in [4.69, 9.17) is 0 Å². The van der Waals surface area contributed by atoms with Crippen molar-refractivity contribution >= 4 is 21.8 Å². The van der Waals surface area contributed by atoms with E-state index >= 15 is 0 Å².